The minimum atomic E-state index is 0. The molecule has 1 heterocycles. The average molecular weight is 478 g/mol. The summed E-state index contributed by atoms with van der Waals surface area (Å²) in [7, 11) is 0. The third-order valence-electron chi connectivity index (χ3n) is 1.98. The van der Waals surface area contributed by atoms with Crippen molar-refractivity contribution in [2.24, 2.45) is 0 Å². The molecule has 2 aromatic rings. The second-order valence-corrected chi connectivity index (χ2v) is 4.50. The van der Waals surface area contributed by atoms with Crippen LogP contribution >= 0.6 is 24.8 Å². The minimum absolute atomic E-state index is 0. The van der Waals surface area contributed by atoms with Crippen LogP contribution in [-0.4, -0.2) is 4.98 Å². The van der Waals surface area contributed by atoms with Crippen molar-refractivity contribution in [2.45, 2.75) is 27.2 Å². The van der Waals surface area contributed by atoms with Crippen molar-refractivity contribution in [1.29, 1.82) is 0 Å². The van der Waals surface area contributed by atoms with Crippen LogP contribution in [0.2, 0.25) is 0 Å². The molecular formula is C22H37Cl2NZr-8. The maximum atomic E-state index is 2.99. The van der Waals surface area contributed by atoms with Crippen LogP contribution in [0.3, 0.4) is 0 Å². The number of aromatic nitrogens is 1. The summed E-state index contributed by atoms with van der Waals surface area (Å²) >= 11 is 0. The van der Waals surface area contributed by atoms with Gasteiger partial charge in [-0.15, -0.1) is 55.1 Å². The molecule has 26 heavy (non-hydrogen) atoms. The normalized spacial score (nSPS) is 8.31. The number of hydrogen-bond donors (Lipinski definition) is 1. The van der Waals surface area contributed by atoms with Gasteiger partial charge in [0.2, 0.25) is 0 Å². The van der Waals surface area contributed by atoms with E-state index in [0.717, 1.165) is 11.9 Å². The van der Waals surface area contributed by atoms with Gasteiger partial charge >= 0.3 is 0 Å². The van der Waals surface area contributed by atoms with Crippen LogP contribution in [0.1, 0.15) is 27.2 Å². The molecule has 1 nitrogen and oxygen atoms in total. The van der Waals surface area contributed by atoms with Crippen molar-refractivity contribution < 1.29 is 26.2 Å². The molecular weight excluding hydrogens is 440 g/mol. The van der Waals surface area contributed by atoms with Crippen LogP contribution < -0.4 is 0 Å². The van der Waals surface area contributed by atoms with Gasteiger partial charge in [-0.25, -0.2) is 12.2 Å². The van der Waals surface area contributed by atoms with Gasteiger partial charge in [-0.2, -0.15) is 38.3 Å². The molecule has 0 aliphatic heterocycles. The van der Waals surface area contributed by atoms with Gasteiger partial charge in [0.15, 0.2) is 0 Å². The van der Waals surface area contributed by atoms with Crippen molar-refractivity contribution >= 4 is 35.7 Å². The number of halogens is 2. The summed E-state index contributed by atoms with van der Waals surface area (Å²) in [5.74, 6) is 1.42. The maximum absolute atomic E-state index is 2.99. The average Bonchev–Trinajstić information content (AvgIpc) is 3.03. The van der Waals surface area contributed by atoms with Gasteiger partial charge in [-0.1, -0.05) is 12.1 Å². The second-order valence-electron chi connectivity index (χ2n) is 4.50. The number of hydrogen-bond acceptors (Lipinski definition) is 0. The van der Waals surface area contributed by atoms with Gasteiger partial charge in [-0.3, -0.25) is 6.08 Å². The fourth-order valence-electron chi connectivity index (χ4n) is 1.27. The number of rotatable bonds is 0. The van der Waals surface area contributed by atoms with E-state index >= 15 is 0 Å². The van der Waals surface area contributed by atoms with E-state index in [4.69, 9.17) is 0 Å². The predicted molar refractivity (Wildman–Crippen MR) is 126 cm³/mol. The molecule has 0 radical (unpaired) electrons. The number of fused-ring (bicyclic) bond motifs is 1. The van der Waals surface area contributed by atoms with E-state index in [0.29, 0.717) is 0 Å². The van der Waals surface area contributed by atoms with Crippen LogP contribution in [0.4, 0.5) is 0 Å². The number of H-pyrrole nitrogens is 1. The molecule has 1 N–H and O–H groups in total. The summed E-state index contributed by atoms with van der Waals surface area (Å²) < 4.78 is 0. The number of allylic oxidation sites excluding steroid dienone is 4. The summed E-state index contributed by atoms with van der Waals surface area (Å²) in [5.41, 5.74) is 1.15. The molecule has 1 aliphatic carbocycles. The van der Waals surface area contributed by atoms with Crippen LogP contribution in [0.5, 0.6) is 0 Å². The first-order valence-electron chi connectivity index (χ1n) is 6.12. The van der Waals surface area contributed by atoms with Crippen LogP contribution in [0.15, 0.2) is 48.6 Å². The molecule has 1 aromatic heterocycles. The molecule has 4 heteroatoms. The summed E-state index contributed by atoms with van der Waals surface area (Å²) in [6.07, 6.45) is 12.9. The zero-order chi connectivity index (χ0) is 13.2. The van der Waals surface area contributed by atoms with Gasteiger partial charge in [-0.05, 0) is 0 Å². The Hall–Kier alpha value is -0.297. The Morgan fingerprint density at radius 2 is 1.42 bits per heavy atom. The van der Waals surface area contributed by atoms with Gasteiger partial charge in [0, 0.05) is 26.2 Å². The van der Waals surface area contributed by atoms with Crippen molar-refractivity contribution in [1.82, 2.24) is 4.98 Å². The Morgan fingerprint density at radius 1 is 0.923 bits per heavy atom. The topological polar surface area (TPSA) is 15.8 Å². The standard InChI is InChI=1S/C8H6N.C5H5.C4H9.5CH3.2ClH.Zr/c1-2-4-8-7(3-1)5-6-9-8;1-2-4-5-3-1;1-4(2)3;;;;;;;;/h1-5,9H;1-3H,4H2;1-3H3;5*1H3;2*1H;/q8*-1;;;. The molecule has 0 spiro atoms. The fraction of sp³-hybridized carbons (Fsp3) is 0.182. The summed E-state index contributed by atoms with van der Waals surface area (Å²) in [6, 6.07) is 10.1. The van der Waals surface area contributed by atoms with Crippen LogP contribution in [0.25, 0.3) is 10.9 Å². The van der Waals surface area contributed by atoms with E-state index in [9.17, 15) is 0 Å². The predicted octanol–water partition coefficient (Wildman–Crippen LogP) is 7.99. The van der Waals surface area contributed by atoms with E-state index in [1.807, 2.05) is 36.4 Å². The largest absolute Gasteiger partial charge is 0.477 e. The molecule has 0 unspecified atom stereocenters. The molecule has 1 aromatic carbocycles. The zero-order valence-corrected chi connectivity index (χ0v) is 21.7. The Bertz CT molecular complexity index is 463. The SMILES string of the molecule is C[C-](C)C.Cl.Cl.[C-]1=CC=CC1.[CH3-].[CH3-].[CH3-].[CH3-].[CH3-].[Zr].[c-]1cc2ccccc2[nH]1. The van der Waals surface area contributed by atoms with Gasteiger partial charge < -0.3 is 48.0 Å². The van der Waals surface area contributed by atoms with Crippen LogP contribution in [-0.2, 0) is 26.2 Å². The molecule has 3 rings (SSSR count). The second kappa shape index (κ2) is 32.4. The van der Waals surface area contributed by atoms with Gasteiger partial charge in [0.1, 0.15) is 0 Å². The van der Waals surface area contributed by atoms with Gasteiger partial charge in [0.25, 0.3) is 0 Å². The molecule has 0 saturated heterocycles. The first kappa shape index (κ1) is 50.0. The molecule has 1 aliphatic rings. The molecule has 156 valence electrons. The Kier molecular flexibility index (Phi) is 62.3. The first-order chi connectivity index (χ1) is 8.70. The number of benzene rings is 1. The van der Waals surface area contributed by atoms with E-state index in [-0.39, 0.29) is 88.2 Å². The number of para-hydroxylation sites is 1. The fourth-order valence-corrected chi connectivity index (χ4v) is 1.27. The molecule has 0 fully saturated rings. The van der Waals surface area contributed by atoms with E-state index in [1.54, 1.807) is 0 Å². The molecule has 0 saturated carbocycles. The first-order valence-corrected chi connectivity index (χ1v) is 6.12. The van der Waals surface area contributed by atoms with Crippen molar-refractivity contribution in [2.75, 3.05) is 0 Å². The van der Waals surface area contributed by atoms with E-state index in [1.165, 1.54) is 11.3 Å². The Labute approximate surface area is 197 Å². The summed E-state index contributed by atoms with van der Waals surface area (Å²) in [5, 5.41) is 1.22. The van der Waals surface area contributed by atoms with Crippen molar-refractivity contribution in [3.8, 4) is 0 Å². The number of nitrogens with one attached hydrogen (secondary N) is 1. The summed E-state index contributed by atoms with van der Waals surface area (Å²) in [4.78, 5) is 2.99. The van der Waals surface area contributed by atoms with Gasteiger partial charge in [0.05, 0.1) is 0 Å². The molecule has 0 atom stereocenters. The van der Waals surface area contributed by atoms with Crippen molar-refractivity contribution in [3.63, 3.8) is 0 Å². The Morgan fingerprint density at radius 3 is 1.77 bits per heavy atom. The van der Waals surface area contributed by atoms with E-state index < -0.39 is 0 Å². The third kappa shape index (κ3) is 25.9. The quantitative estimate of drug-likeness (QED) is 0.370. The smallest absolute Gasteiger partial charge is 0 e. The third-order valence-corrected chi connectivity index (χ3v) is 1.98. The number of aromatic amines is 1. The van der Waals surface area contributed by atoms with Crippen LogP contribution in [0, 0.1) is 55.3 Å². The molecule has 0 bridgehead atoms. The summed E-state index contributed by atoms with van der Waals surface area (Å²) in [6.45, 7) is 6.25. The maximum Gasteiger partial charge on any atom is 0 e. The molecule has 0 amide bonds. The van der Waals surface area contributed by atoms with Crippen molar-refractivity contribution in [3.05, 3.63) is 104 Å². The monoisotopic (exact) mass is 475 g/mol. The van der Waals surface area contributed by atoms with E-state index in [2.05, 4.69) is 50.2 Å². The zero-order valence-electron chi connectivity index (χ0n) is 17.6. The Balaban J connectivity index is -0.0000000289. The minimum Gasteiger partial charge on any atom is -0.477 e.